The molecule has 0 aliphatic heterocycles. The molecule has 0 aliphatic rings. The number of methoxy groups -OCH3 is 1. The second-order valence-corrected chi connectivity index (χ2v) is 5.19. The number of hydrogen-bond donors (Lipinski definition) is 0. The van der Waals surface area contributed by atoms with E-state index in [0.29, 0.717) is 12.4 Å². The van der Waals surface area contributed by atoms with Gasteiger partial charge in [0.25, 0.3) is 0 Å². The Labute approximate surface area is 125 Å². The van der Waals surface area contributed by atoms with Gasteiger partial charge in [0.15, 0.2) is 5.82 Å². The van der Waals surface area contributed by atoms with E-state index in [4.69, 9.17) is 9.26 Å². The number of nitrogens with zero attached hydrogens (tertiary/aromatic N) is 3. The molecule has 1 aromatic heterocycles. The fraction of sp³-hybridized carbons (Fsp3) is 0.500. The lowest BCUT2D eigenvalue weighted by atomic mass is 10.1. The van der Waals surface area contributed by atoms with E-state index < -0.39 is 0 Å². The van der Waals surface area contributed by atoms with E-state index in [1.54, 1.807) is 7.11 Å². The standard InChI is InChI=1S/C16H23N3O2/c1-5-8-15-17-16(21-18-15)11-19(3)12(2)13-9-6-7-10-14(13)20-4/h6-7,9-10,12H,5,8,11H2,1-4H3/t12-/m0/s1. The summed E-state index contributed by atoms with van der Waals surface area (Å²) in [5.41, 5.74) is 1.15. The van der Waals surface area contributed by atoms with E-state index in [9.17, 15) is 0 Å². The lowest BCUT2D eigenvalue weighted by Gasteiger charge is -2.24. The minimum absolute atomic E-state index is 0.197. The van der Waals surface area contributed by atoms with Crippen molar-refractivity contribution >= 4 is 0 Å². The van der Waals surface area contributed by atoms with Crippen molar-refractivity contribution < 1.29 is 9.26 Å². The monoisotopic (exact) mass is 289 g/mol. The highest BCUT2D eigenvalue weighted by molar-refractivity contribution is 5.35. The Balaban J connectivity index is 2.06. The first kappa shape index (κ1) is 15.5. The van der Waals surface area contributed by atoms with E-state index in [2.05, 4.69) is 35.0 Å². The third kappa shape index (κ3) is 3.82. The molecule has 0 aliphatic carbocycles. The van der Waals surface area contributed by atoms with Gasteiger partial charge >= 0.3 is 0 Å². The molecular weight excluding hydrogens is 266 g/mol. The Morgan fingerprint density at radius 3 is 2.81 bits per heavy atom. The summed E-state index contributed by atoms with van der Waals surface area (Å²) in [7, 11) is 3.74. The number of aryl methyl sites for hydroxylation is 1. The Bertz CT molecular complexity index is 568. The van der Waals surface area contributed by atoms with E-state index in [1.165, 1.54) is 0 Å². The summed E-state index contributed by atoms with van der Waals surface area (Å²) in [6, 6.07) is 8.25. The molecule has 0 bridgehead atoms. The molecule has 1 heterocycles. The zero-order valence-electron chi connectivity index (χ0n) is 13.2. The van der Waals surface area contributed by atoms with E-state index in [1.807, 2.05) is 25.2 Å². The third-order valence-electron chi connectivity index (χ3n) is 3.62. The van der Waals surface area contributed by atoms with Crippen LogP contribution in [-0.4, -0.2) is 29.2 Å². The van der Waals surface area contributed by atoms with Crippen molar-refractivity contribution in [1.29, 1.82) is 0 Å². The average Bonchev–Trinajstić information content (AvgIpc) is 2.94. The molecule has 21 heavy (non-hydrogen) atoms. The number of hydrogen-bond acceptors (Lipinski definition) is 5. The van der Waals surface area contributed by atoms with E-state index >= 15 is 0 Å². The summed E-state index contributed by atoms with van der Waals surface area (Å²) >= 11 is 0. The molecule has 0 spiro atoms. The van der Waals surface area contributed by atoms with Crippen LogP contribution in [0.15, 0.2) is 28.8 Å². The van der Waals surface area contributed by atoms with Crippen LogP contribution in [-0.2, 0) is 13.0 Å². The van der Waals surface area contributed by atoms with Crippen LogP contribution in [0.1, 0.15) is 43.6 Å². The quantitative estimate of drug-likeness (QED) is 0.783. The van der Waals surface area contributed by atoms with Gasteiger partial charge in [-0.1, -0.05) is 30.3 Å². The second-order valence-electron chi connectivity index (χ2n) is 5.19. The van der Waals surface area contributed by atoms with Gasteiger partial charge in [0.1, 0.15) is 5.75 Å². The molecule has 0 fully saturated rings. The normalized spacial score (nSPS) is 12.6. The van der Waals surface area contributed by atoms with Crippen molar-refractivity contribution in [3.05, 3.63) is 41.5 Å². The molecule has 0 N–H and O–H groups in total. The number of benzene rings is 1. The summed E-state index contributed by atoms with van der Waals surface area (Å²) in [6.45, 7) is 4.86. The highest BCUT2D eigenvalue weighted by Crippen LogP contribution is 2.28. The van der Waals surface area contributed by atoms with Crippen molar-refractivity contribution in [2.24, 2.45) is 0 Å². The van der Waals surface area contributed by atoms with Crippen LogP contribution in [0.25, 0.3) is 0 Å². The van der Waals surface area contributed by atoms with Crippen molar-refractivity contribution in [2.75, 3.05) is 14.2 Å². The van der Waals surface area contributed by atoms with Gasteiger partial charge < -0.3 is 9.26 Å². The highest BCUT2D eigenvalue weighted by atomic mass is 16.5. The molecule has 0 amide bonds. The SMILES string of the molecule is CCCc1noc(CN(C)[C@@H](C)c2ccccc2OC)n1. The van der Waals surface area contributed by atoms with Crippen molar-refractivity contribution in [3.8, 4) is 5.75 Å². The van der Waals surface area contributed by atoms with Gasteiger partial charge in [-0.25, -0.2) is 0 Å². The van der Waals surface area contributed by atoms with Gasteiger partial charge in [-0.2, -0.15) is 4.98 Å². The van der Waals surface area contributed by atoms with Crippen molar-refractivity contribution in [3.63, 3.8) is 0 Å². The Morgan fingerprint density at radius 1 is 1.33 bits per heavy atom. The first-order valence-corrected chi connectivity index (χ1v) is 7.30. The largest absolute Gasteiger partial charge is 0.496 e. The van der Waals surface area contributed by atoms with Crippen LogP contribution < -0.4 is 4.74 Å². The Kier molecular flexibility index (Phi) is 5.33. The fourth-order valence-corrected chi connectivity index (χ4v) is 2.28. The summed E-state index contributed by atoms with van der Waals surface area (Å²) in [4.78, 5) is 6.58. The summed E-state index contributed by atoms with van der Waals surface area (Å²) < 4.78 is 10.7. The molecule has 0 unspecified atom stereocenters. The first-order chi connectivity index (χ1) is 10.2. The molecular formula is C16H23N3O2. The lowest BCUT2D eigenvalue weighted by molar-refractivity contribution is 0.212. The summed E-state index contributed by atoms with van der Waals surface area (Å²) in [5.74, 6) is 2.34. The topological polar surface area (TPSA) is 51.4 Å². The molecule has 0 saturated carbocycles. The van der Waals surface area contributed by atoms with Crippen LogP contribution in [0, 0.1) is 0 Å². The number of ether oxygens (including phenoxy) is 1. The molecule has 2 rings (SSSR count). The maximum Gasteiger partial charge on any atom is 0.240 e. The van der Waals surface area contributed by atoms with Crippen LogP contribution in [0.4, 0.5) is 0 Å². The number of rotatable bonds is 7. The van der Waals surface area contributed by atoms with Gasteiger partial charge in [-0.3, -0.25) is 4.90 Å². The van der Waals surface area contributed by atoms with Crippen LogP contribution in [0.3, 0.4) is 0 Å². The number of aromatic nitrogens is 2. The molecule has 1 aromatic carbocycles. The van der Waals surface area contributed by atoms with E-state index in [0.717, 1.165) is 30.0 Å². The third-order valence-corrected chi connectivity index (χ3v) is 3.62. The Hall–Kier alpha value is -1.88. The lowest BCUT2D eigenvalue weighted by Crippen LogP contribution is -2.22. The summed E-state index contributed by atoms with van der Waals surface area (Å²) in [5, 5.41) is 3.99. The minimum Gasteiger partial charge on any atom is -0.496 e. The second kappa shape index (κ2) is 7.22. The smallest absolute Gasteiger partial charge is 0.240 e. The predicted molar refractivity (Wildman–Crippen MR) is 81.2 cm³/mol. The predicted octanol–water partition coefficient (Wildman–Crippen LogP) is 3.22. The molecule has 2 aromatic rings. The van der Waals surface area contributed by atoms with Gasteiger partial charge in [0, 0.05) is 18.0 Å². The van der Waals surface area contributed by atoms with Crippen molar-refractivity contribution in [1.82, 2.24) is 15.0 Å². The van der Waals surface area contributed by atoms with Gasteiger partial charge in [-0.15, -0.1) is 0 Å². The van der Waals surface area contributed by atoms with Gasteiger partial charge in [-0.05, 0) is 26.5 Å². The summed E-state index contributed by atoms with van der Waals surface area (Å²) in [6.07, 6.45) is 1.88. The molecule has 5 heteroatoms. The highest BCUT2D eigenvalue weighted by Gasteiger charge is 2.18. The van der Waals surface area contributed by atoms with Gasteiger partial charge in [0.05, 0.1) is 13.7 Å². The molecule has 0 radical (unpaired) electrons. The average molecular weight is 289 g/mol. The molecule has 5 nitrogen and oxygen atoms in total. The van der Waals surface area contributed by atoms with Crippen LogP contribution >= 0.6 is 0 Å². The fourth-order valence-electron chi connectivity index (χ4n) is 2.28. The number of para-hydroxylation sites is 1. The maximum absolute atomic E-state index is 5.42. The maximum atomic E-state index is 5.42. The molecule has 114 valence electrons. The zero-order valence-corrected chi connectivity index (χ0v) is 13.2. The molecule has 1 atom stereocenters. The first-order valence-electron chi connectivity index (χ1n) is 7.30. The van der Waals surface area contributed by atoms with E-state index in [-0.39, 0.29) is 6.04 Å². The van der Waals surface area contributed by atoms with Crippen LogP contribution in [0.2, 0.25) is 0 Å². The van der Waals surface area contributed by atoms with Crippen molar-refractivity contribution in [2.45, 2.75) is 39.3 Å². The minimum atomic E-state index is 0.197. The van der Waals surface area contributed by atoms with Gasteiger partial charge in [0.2, 0.25) is 5.89 Å². The Morgan fingerprint density at radius 2 is 2.10 bits per heavy atom. The molecule has 0 saturated heterocycles. The zero-order chi connectivity index (χ0) is 15.2. The van der Waals surface area contributed by atoms with Crippen LogP contribution in [0.5, 0.6) is 5.75 Å².